The summed E-state index contributed by atoms with van der Waals surface area (Å²) in [5, 5.41) is 7.70. The Morgan fingerprint density at radius 2 is 1.92 bits per heavy atom. The Hall–Kier alpha value is -3.08. The highest BCUT2D eigenvalue weighted by atomic mass is 16.5. The van der Waals surface area contributed by atoms with Crippen LogP contribution in [0.2, 0.25) is 0 Å². The second-order valence-electron chi connectivity index (χ2n) is 6.18. The molecule has 1 heterocycles. The molecule has 0 fully saturated rings. The average Bonchev–Trinajstić information content (AvgIpc) is 3.14. The van der Waals surface area contributed by atoms with Crippen molar-refractivity contribution in [2.24, 2.45) is 0 Å². The number of aromatic nitrogens is 2. The standard InChI is InChI=1S/C21H23N3O2/c1-4-15(2)22-21(25)20-14-19(16-9-8-12-18(13-16)26-3)23-24(20)17-10-6-5-7-11-17/h5-15H,4H2,1-3H3,(H,22,25). The molecule has 0 aliphatic heterocycles. The van der Waals surface area contributed by atoms with Gasteiger partial charge in [0.25, 0.3) is 5.91 Å². The minimum atomic E-state index is -0.134. The van der Waals surface area contributed by atoms with Crippen LogP contribution < -0.4 is 10.1 Å². The first-order valence-electron chi connectivity index (χ1n) is 8.73. The van der Waals surface area contributed by atoms with Gasteiger partial charge < -0.3 is 10.1 Å². The number of hydrogen-bond acceptors (Lipinski definition) is 3. The van der Waals surface area contributed by atoms with Crippen LogP contribution in [0.1, 0.15) is 30.8 Å². The number of carbonyl (C=O) groups excluding carboxylic acids is 1. The van der Waals surface area contributed by atoms with E-state index in [4.69, 9.17) is 4.74 Å². The van der Waals surface area contributed by atoms with Crippen LogP contribution in [0.15, 0.2) is 60.7 Å². The van der Waals surface area contributed by atoms with Crippen LogP contribution in [0.4, 0.5) is 0 Å². The Kier molecular flexibility index (Phi) is 5.37. The zero-order valence-electron chi connectivity index (χ0n) is 15.3. The van der Waals surface area contributed by atoms with Crippen molar-refractivity contribution in [1.29, 1.82) is 0 Å². The summed E-state index contributed by atoms with van der Waals surface area (Å²) in [7, 11) is 1.63. The molecular formula is C21H23N3O2. The number of carbonyl (C=O) groups is 1. The number of methoxy groups -OCH3 is 1. The lowest BCUT2D eigenvalue weighted by molar-refractivity contribution is 0.0931. The SMILES string of the molecule is CCC(C)NC(=O)c1cc(-c2cccc(OC)c2)nn1-c1ccccc1. The molecule has 5 heteroatoms. The second-order valence-corrected chi connectivity index (χ2v) is 6.18. The fourth-order valence-corrected chi connectivity index (χ4v) is 2.63. The molecule has 5 nitrogen and oxygen atoms in total. The highest BCUT2D eigenvalue weighted by Crippen LogP contribution is 2.25. The van der Waals surface area contributed by atoms with Crippen molar-refractivity contribution in [2.75, 3.05) is 7.11 Å². The monoisotopic (exact) mass is 349 g/mol. The first-order chi connectivity index (χ1) is 12.6. The predicted octanol–water partition coefficient (Wildman–Crippen LogP) is 4.08. The molecule has 0 saturated carbocycles. The molecule has 134 valence electrons. The van der Waals surface area contributed by atoms with Gasteiger partial charge in [-0.05, 0) is 43.7 Å². The Morgan fingerprint density at radius 1 is 1.15 bits per heavy atom. The zero-order valence-corrected chi connectivity index (χ0v) is 15.3. The van der Waals surface area contributed by atoms with Crippen LogP contribution in [-0.2, 0) is 0 Å². The number of benzene rings is 2. The van der Waals surface area contributed by atoms with Gasteiger partial charge in [-0.3, -0.25) is 4.79 Å². The highest BCUT2D eigenvalue weighted by molar-refractivity contribution is 5.94. The van der Waals surface area contributed by atoms with Gasteiger partial charge in [-0.2, -0.15) is 5.10 Å². The van der Waals surface area contributed by atoms with E-state index in [0.29, 0.717) is 5.69 Å². The average molecular weight is 349 g/mol. The Labute approximate surface area is 153 Å². The van der Waals surface area contributed by atoms with Gasteiger partial charge in [0.05, 0.1) is 18.5 Å². The van der Waals surface area contributed by atoms with E-state index in [1.807, 2.05) is 74.5 Å². The molecule has 0 bridgehead atoms. The first-order valence-corrected chi connectivity index (χ1v) is 8.73. The van der Waals surface area contributed by atoms with Gasteiger partial charge in [0.15, 0.2) is 0 Å². The Balaban J connectivity index is 2.06. The summed E-state index contributed by atoms with van der Waals surface area (Å²) >= 11 is 0. The van der Waals surface area contributed by atoms with E-state index in [-0.39, 0.29) is 11.9 Å². The maximum Gasteiger partial charge on any atom is 0.270 e. The minimum absolute atomic E-state index is 0.0990. The molecule has 2 aromatic carbocycles. The van der Waals surface area contributed by atoms with Crippen molar-refractivity contribution in [2.45, 2.75) is 26.3 Å². The fourth-order valence-electron chi connectivity index (χ4n) is 2.63. The van der Waals surface area contributed by atoms with Crippen LogP contribution in [0.5, 0.6) is 5.75 Å². The van der Waals surface area contributed by atoms with Gasteiger partial charge in [0.2, 0.25) is 0 Å². The van der Waals surface area contributed by atoms with Gasteiger partial charge in [0.1, 0.15) is 11.4 Å². The quantitative estimate of drug-likeness (QED) is 0.730. The summed E-state index contributed by atoms with van der Waals surface area (Å²) in [6.07, 6.45) is 0.869. The molecule has 1 N–H and O–H groups in total. The largest absolute Gasteiger partial charge is 0.497 e. The van der Waals surface area contributed by atoms with Crippen molar-refractivity contribution in [3.05, 3.63) is 66.4 Å². The topological polar surface area (TPSA) is 56.1 Å². The van der Waals surface area contributed by atoms with Crippen molar-refractivity contribution >= 4 is 5.91 Å². The molecule has 3 aromatic rings. The molecule has 0 spiro atoms. The third-order valence-corrected chi connectivity index (χ3v) is 4.30. The molecule has 1 atom stereocenters. The predicted molar refractivity (Wildman–Crippen MR) is 103 cm³/mol. The van der Waals surface area contributed by atoms with E-state index >= 15 is 0 Å². The number of amides is 1. The third kappa shape index (κ3) is 3.77. The smallest absolute Gasteiger partial charge is 0.270 e. The van der Waals surface area contributed by atoms with Crippen LogP contribution in [0.3, 0.4) is 0 Å². The lowest BCUT2D eigenvalue weighted by Crippen LogP contribution is -2.33. The molecular weight excluding hydrogens is 326 g/mol. The van der Waals surface area contributed by atoms with Gasteiger partial charge in [-0.15, -0.1) is 0 Å². The van der Waals surface area contributed by atoms with E-state index in [0.717, 1.165) is 29.1 Å². The molecule has 0 saturated heterocycles. The lowest BCUT2D eigenvalue weighted by Gasteiger charge is -2.12. The summed E-state index contributed by atoms with van der Waals surface area (Å²) in [5.41, 5.74) is 2.98. The number of hydrogen-bond donors (Lipinski definition) is 1. The highest BCUT2D eigenvalue weighted by Gasteiger charge is 2.18. The molecule has 0 radical (unpaired) electrons. The van der Waals surface area contributed by atoms with Gasteiger partial charge in [-0.1, -0.05) is 37.3 Å². The van der Waals surface area contributed by atoms with E-state index in [1.165, 1.54) is 0 Å². The maximum absolute atomic E-state index is 12.8. The van der Waals surface area contributed by atoms with Crippen molar-refractivity contribution in [3.63, 3.8) is 0 Å². The lowest BCUT2D eigenvalue weighted by atomic mass is 10.1. The molecule has 1 aromatic heterocycles. The molecule has 0 aliphatic carbocycles. The molecule has 3 rings (SSSR count). The number of nitrogens with zero attached hydrogens (tertiary/aromatic N) is 2. The van der Waals surface area contributed by atoms with Gasteiger partial charge in [0, 0.05) is 11.6 Å². The van der Waals surface area contributed by atoms with Crippen molar-refractivity contribution in [1.82, 2.24) is 15.1 Å². The third-order valence-electron chi connectivity index (χ3n) is 4.30. The van der Waals surface area contributed by atoms with E-state index in [2.05, 4.69) is 10.4 Å². The summed E-state index contributed by atoms with van der Waals surface area (Å²) < 4.78 is 6.99. The second kappa shape index (κ2) is 7.87. The number of ether oxygens (including phenoxy) is 1. The van der Waals surface area contributed by atoms with Crippen molar-refractivity contribution in [3.8, 4) is 22.7 Å². The first kappa shape index (κ1) is 17.7. The molecule has 26 heavy (non-hydrogen) atoms. The van der Waals surface area contributed by atoms with Gasteiger partial charge in [-0.25, -0.2) is 4.68 Å². The minimum Gasteiger partial charge on any atom is -0.497 e. The number of rotatable bonds is 6. The Bertz CT molecular complexity index is 887. The van der Waals surface area contributed by atoms with Crippen LogP contribution in [-0.4, -0.2) is 28.8 Å². The number of para-hydroxylation sites is 1. The molecule has 1 unspecified atom stereocenters. The molecule has 0 aliphatic rings. The summed E-state index contributed by atoms with van der Waals surface area (Å²) in [5.74, 6) is 0.618. The Morgan fingerprint density at radius 3 is 2.62 bits per heavy atom. The summed E-state index contributed by atoms with van der Waals surface area (Å²) in [4.78, 5) is 12.8. The van der Waals surface area contributed by atoms with Crippen molar-refractivity contribution < 1.29 is 9.53 Å². The zero-order chi connectivity index (χ0) is 18.5. The van der Waals surface area contributed by atoms with Crippen LogP contribution in [0, 0.1) is 0 Å². The maximum atomic E-state index is 12.8. The van der Waals surface area contributed by atoms with Crippen LogP contribution >= 0.6 is 0 Å². The van der Waals surface area contributed by atoms with Crippen LogP contribution in [0.25, 0.3) is 16.9 Å². The number of nitrogens with one attached hydrogen (secondary N) is 1. The van der Waals surface area contributed by atoms with E-state index < -0.39 is 0 Å². The molecule has 1 amide bonds. The van der Waals surface area contributed by atoms with E-state index in [1.54, 1.807) is 11.8 Å². The summed E-state index contributed by atoms with van der Waals surface area (Å²) in [6, 6.07) is 19.2. The van der Waals surface area contributed by atoms with E-state index in [9.17, 15) is 4.79 Å². The normalized spacial score (nSPS) is 11.8. The summed E-state index contributed by atoms with van der Waals surface area (Å²) in [6.45, 7) is 4.03. The fraction of sp³-hybridized carbons (Fsp3) is 0.238. The van der Waals surface area contributed by atoms with Gasteiger partial charge >= 0.3 is 0 Å².